The van der Waals surface area contributed by atoms with Gasteiger partial charge in [0.1, 0.15) is 12.1 Å². The molecule has 0 bridgehead atoms. The quantitative estimate of drug-likeness (QED) is 0.682. The first-order chi connectivity index (χ1) is 10.3. The smallest absolute Gasteiger partial charge is 0.115 e. The summed E-state index contributed by atoms with van der Waals surface area (Å²) in [5, 5.41) is 0. The Kier molecular flexibility index (Phi) is 4.12. The second kappa shape index (κ2) is 6.03. The van der Waals surface area contributed by atoms with Crippen LogP contribution in [0.15, 0.2) is 60.7 Å². The van der Waals surface area contributed by atoms with E-state index in [2.05, 4.69) is 74.5 Å². The minimum Gasteiger partial charge on any atom is -0.312 e. The van der Waals surface area contributed by atoms with E-state index in [9.17, 15) is 0 Å². The van der Waals surface area contributed by atoms with E-state index in [0.29, 0.717) is 12.1 Å². The summed E-state index contributed by atoms with van der Waals surface area (Å²) in [5.74, 6) is 0. The van der Waals surface area contributed by atoms with Crippen molar-refractivity contribution in [2.24, 2.45) is 0 Å². The highest BCUT2D eigenvalue weighted by molar-refractivity contribution is 5.22. The van der Waals surface area contributed by atoms with Crippen molar-refractivity contribution >= 4 is 0 Å². The van der Waals surface area contributed by atoms with Crippen LogP contribution in [0.1, 0.15) is 49.9 Å². The molecule has 3 rings (SSSR count). The molecular formula is C20H26N+. The van der Waals surface area contributed by atoms with Gasteiger partial charge in [0.05, 0.1) is 13.1 Å². The third-order valence-corrected chi connectivity index (χ3v) is 5.50. The molecule has 0 aliphatic carbocycles. The number of likely N-dealkylation sites (tertiary alicyclic amines) is 1. The van der Waals surface area contributed by atoms with Crippen LogP contribution < -0.4 is 0 Å². The zero-order chi connectivity index (χ0) is 14.7. The third kappa shape index (κ3) is 2.40. The molecule has 0 unspecified atom stereocenters. The highest BCUT2D eigenvalue weighted by atomic mass is 15.4. The number of benzene rings is 2. The van der Waals surface area contributed by atoms with Crippen LogP contribution in [0.5, 0.6) is 0 Å². The SMILES string of the molecule is CC[N+]1(CC)[C@H](c2ccccc2)CC[C@H]1c1ccccc1. The number of hydrogen-bond donors (Lipinski definition) is 0. The van der Waals surface area contributed by atoms with Gasteiger partial charge in [0.15, 0.2) is 0 Å². The second-order valence-electron chi connectivity index (χ2n) is 6.17. The van der Waals surface area contributed by atoms with E-state index in [1.807, 2.05) is 0 Å². The molecule has 0 saturated carbocycles. The monoisotopic (exact) mass is 280 g/mol. The van der Waals surface area contributed by atoms with Gasteiger partial charge >= 0.3 is 0 Å². The largest absolute Gasteiger partial charge is 0.312 e. The van der Waals surface area contributed by atoms with Crippen LogP contribution >= 0.6 is 0 Å². The van der Waals surface area contributed by atoms with Gasteiger partial charge in [0.2, 0.25) is 0 Å². The lowest BCUT2D eigenvalue weighted by Gasteiger charge is -2.44. The Labute approximate surface area is 128 Å². The number of quaternary nitrogens is 1. The summed E-state index contributed by atoms with van der Waals surface area (Å²) < 4.78 is 1.20. The van der Waals surface area contributed by atoms with Crippen molar-refractivity contribution in [2.75, 3.05) is 13.1 Å². The Morgan fingerprint density at radius 3 is 1.43 bits per heavy atom. The molecule has 0 spiro atoms. The third-order valence-electron chi connectivity index (χ3n) is 5.50. The summed E-state index contributed by atoms with van der Waals surface area (Å²) >= 11 is 0. The van der Waals surface area contributed by atoms with Crippen LogP contribution in [0.2, 0.25) is 0 Å². The fourth-order valence-electron chi connectivity index (χ4n) is 4.43. The van der Waals surface area contributed by atoms with Crippen LogP contribution in [0, 0.1) is 0 Å². The van der Waals surface area contributed by atoms with E-state index in [1.54, 1.807) is 0 Å². The molecule has 1 fully saturated rings. The molecule has 1 aliphatic rings. The highest BCUT2D eigenvalue weighted by Gasteiger charge is 2.48. The molecule has 1 nitrogen and oxygen atoms in total. The van der Waals surface area contributed by atoms with Gasteiger partial charge < -0.3 is 4.48 Å². The highest BCUT2D eigenvalue weighted by Crippen LogP contribution is 2.50. The standard InChI is InChI=1S/C20H26N/c1-3-21(4-2)19(17-11-7-5-8-12-17)15-16-20(21)18-13-9-6-10-14-18/h5-14,19-20H,3-4,15-16H2,1-2H3/q+1/t19-,20-/m0/s1. The fourth-order valence-corrected chi connectivity index (χ4v) is 4.43. The van der Waals surface area contributed by atoms with Gasteiger partial charge in [-0.2, -0.15) is 0 Å². The van der Waals surface area contributed by atoms with Gasteiger partial charge in [-0.1, -0.05) is 60.7 Å². The fraction of sp³-hybridized carbons (Fsp3) is 0.400. The summed E-state index contributed by atoms with van der Waals surface area (Å²) in [6, 6.07) is 23.5. The maximum atomic E-state index is 2.36. The van der Waals surface area contributed by atoms with E-state index >= 15 is 0 Å². The van der Waals surface area contributed by atoms with Crippen LogP contribution in [0.25, 0.3) is 0 Å². The molecule has 0 aromatic heterocycles. The molecule has 21 heavy (non-hydrogen) atoms. The Balaban J connectivity index is 2.01. The van der Waals surface area contributed by atoms with E-state index in [1.165, 1.54) is 41.5 Å². The number of nitrogens with zero attached hydrogens (tertiary/aromatic N) is 1. The van der Waals surface area contributed by atoms with Crippen molar-refractivity contribution in [1.29, 1.82) is 0 Å². The molecule has 1 heteroatoms. The van der Waals surface area contributed by atoms with Crippen LogP contribution in [0.4, 0.5) is 0 Å². The Bertz CT molecular complexity index is 507. The molecule has 0 amide bonds. The van der Waals surface area contributed by atoms with Crippen molar-refractivity contribution < 1.29 is 4.48 Å². The summed E-state index contributed by atoms with van der Waals surface area (Å²) in [4.78, 5) is 0. The maximum absolute atomic E-state index is 2.36. The molecule has 1 aliphatic heterocycles. The lowest BCUT2D eigenvalue weighted by Crippen LogP contribution is -2.48. The minimum absolute atomic E-state index is 0.645. The molecule has 2 aromatic carbocycles. The maximum Gasteiger partial charge on any atom is 0.115 e. The van der Waals surface area contributed by atoms with Gasteiger partial charge in [-0.3, -0.25) is 0 Å². The predicted octanol–water partition coefficient (Wildman–Crippen LogP) is 5.12. The molecule has 2 aromatic rings. The van der Waals surface area contributed by atoms with Crippen molar-refractivity contribution in [3.05, 3.63) is 71.8 Å². The van der Waals surface area contributed by atoms with Gasteiger partial charge in [0, 0.05) is 24.0 Å². The lowest BCUT2D eigenvalue weighted by atomic mass is 10.0. The van der Waals surface area contributed by atoms with E-state index < -0.39 is 0 Å². The van der Waals surface area contributed by atoms with E-state index in [4.69, 9.17) is 0 Å². The second-order valence-corrected chi connectivity index (χ2v) is 6.17. The average molecular weight is 280 g/mol. The van der Waals surface area contributed by atoms with Gasteiger partial charge in [-0.05, 0) is 13.8 Å². The van der Waals surface area contributed by atoms with Crippen molar-refractivity contribution in [2.45, 2.75) is 38.8 Å². The van der Waals surface area contributed by atoms with Crippen molar-refractivity contribution in [3.8, 4) is 0 Å². The average Bonchev–Trinajstić information content (AvgIpc) is 2.96. The zero-order valence-electron chi connectivity index (χ0n) is 13.2. The summed E-state index contributed by atoms with van der Waals surface area (Å²) in [6.07, 6.45) is 2.59. The van der Waals surface area contributed by atoms with Gasteiger partial charge in [-0.25, -0.2) is 0 Å². The first-order valence-corrected chi connectivity index (χ1v) is 8.28. The first-order valence-electron chi connectivity index (χ1n) is 8.28. The summed E-state index contributed by atoms with van der Waals surface area (Å²) in [7, 11) is 0. The lowest BCUT2D eigenvalue weighted by molar-refractivity contribution is -0.969. The van der Waals surface area contributed by atoms with Crippen LogP contribution in [0.3, 0.4) is 0 Å². The van der Waals surface area contributed by atoms with Crippen LogP contribution in [-0.4, -0.2) is 17.6 Å². The number of rotatable bonds is 4. The predicted molar refractivity (Wildman–Crippen MR) is 88.9 cm³/mol. The Morgan fingerprint density at radius 2 is 1.10 bits per heavy atom. The van der Waals surface area contributed by atoms with Gasteiger partial charge in [0.25, 0.3) is 0 Å². The first kappa shape index (κ1) is 14.3. The molecule has 0 N–H and O–H groups in total. The molecular weight excluding hydrogens is 254 g/mol. The van der Waals surface area contributed by atoms with Crippen molar-refractivity contribution in [1.82, 2.24) is 0 Å². The molecule has 1 saturated heterocycles. The van der Waals surface area contributed by atoms with Crippen molar-refractivity contribution in [3.63, 3.8) is 0 Å². The molecule has 0 radical (unpaired) electrons. The van der Waals surface area contributed by atoms with E-state index in [-0.39, 0.29) is 0 Å². The van der Waals surface area contributed by atoms with E-state index in [0.717, 1.165) is 0 Å². The minimum atomic E-state index is 0.645. The Morgan fingerprint density at radius 1 is 0.714 bits per heavy atom. The van der Waals surface area contributed by atoms with Gasteiger partial charge in [-0.15, -0.1) is 0 Å². The molecule has 1 heterocycles. The molecule has 110 valence electrons. The zero-order valence-corrected chi connectivity index (χ0v) is 13.2. The summed E-state index contributed by atoms with van der Waals surface area (Å²) in [6.45, 7) is 7.13. The van der Waals surface area contributed by atoms with Crippen LogP contribution in [-0.2, 0) is 0 Å². The normalized spacial score (nSPS) is 24.1. The topological polar surface area (TPSA) is 0 Å². The summed E-state index contributed by atoms with van der Waals surface area (Å²) in [5.41, 5.74) is 3.03. The Hall–Kier alpha value is -1.60. The number of hydrogen-bond acceptors (Lipinski definition) is 0. The molecule has 2 atom stereocenters.